The molecule has 1 aromatic rings. The van der Waals surface area contributed by atoms with Gasteiger partial charge in [0, 0.05) is 0 Å². The second-order valence-corrected chi connectivity index (χ2v) is 2.56. The van der Waals surface area contributed by atoms with Crippen molar-refractivity contribution in [2.75, 3.05) is 6.61 Å². The average Bonchev–Trinajstić information content (AvgIpc) is 2.03. The molecule has 0 spiro atoms. The van der Waals surface area contributed by atoms with Gasteiger partial charge < -0.3 is 4.74 Å². The van der Waals surface area contributed by atoms with E-state index in [-0.39, 0.29) is 12.4 Å². The van der Waals surface area contributed by atoms with Gasteiger partial charge in [0.2, 0.25) is 0 Å². The van der Waals surface area contributed by atoms with Crippen molar-refractivity contribution in [1.82, 2.24) is 0 Å². The molecular weight excluding hydrogens is 151 g/mol. The van der Waals surface area contributed by atoms with E-state index in [0.29, 0.717) is 11.2 Å². The highest BCUT2D eigenvalue weighted by Gasteiger charge is 1.94. The number of hydrogen-bond acceptors (Lipinski definition) is 2. The molecule has 0 aromatic heterocycles. The van der Waals surface area contributed by atoms with Crippen molar-refractivity contribution < 1.29 is 9.53 Å². The monoisotopic (exact) mass is 160 g/mol. The Balaban J connectivity index is 2.53. The van der Waals surface area contributed by atoms with E-state index in [1.54, 1.807) is 24.3 Å². The van der Waals surface area contributed by atoms with Crippen molar-refractivity contribution >= 4 is 19.1 Å². The van der Waals surface area contributed by atoms with E-state index in [1.807, 2.05) is 0 Å². The SMILES string of the molecule is [B]c1ccc(OCC(C)=O)cc1. The van der Waals surface area contributed by atoms with Crippen molar-refractivity contribution in [2.24, 2.45) is 0 Å². The van der Waals surface area contributed by atoms with Crippen LogP contribution in [-0.4, -0.2) is 20.2 Å². The van der Waals surface area contributed by atoms with Crippen LogP contribution >= 0.6 is 0 Å². The van der Waals surface area contributed by atoms with Gasteiger partial charge in [0.15, 0.2) is 5.78 Å². The van der Waals surface area contributed by atoms with Crippen LogP contribution < -0.4 is 10.2 Å². The molecule has 0 heterocycles. The summed E-state index contributed by atoms with van der Waals surface area (Å²) in [5.41, 5.74) is 0.685. The Hall–Kier alpha value is -1.25. The highest BCUT2D eigenvalue weighted by Crippen LogP contribution is 2.06. The predicted molar refractivity (Wildman–Crippen MR) is 48.0 cm³/mol. The molecular formula is C9H9BO2. The molecule has 0 aliphatic heterocycles. The number of carbonyl (C=O) groups is 1. The summed E-state index contributed by atoms with van der Waals surface area (Å²) in [5, 5.41) is 0. The molecule has 60 valence electrons. The van der Waals surface area contributed by atoms with Gasteiger partial charge in [-0.05, 0) is 19.1 Å². The van der Waals surface area contributed by atoms with Gasteiger partial charge in [0.1, 0.15) is 20.2 Å². The van der Waals surface area contributed by atoms with Crippen molar-refractivity contribution in [1.29, 1.82) is 0 Å². The molecule has 0 fully saturated rings. The van der Waals surface area contributed by atoms with Crippen LogP contribution in [0.5, 0.6) is 5.75 Å². The minimum atomic E-state index is 0.00632. The first-order valence-corrected chi connectivity index (χ1v) is 3.66. The van der Waals surface area contributed by atoms with Crippen LogP contribution in [0.1, 0.15) is 6.92 Å². The summed E-state index contributed by atoms with van der Waals surface area (Å²) >= 11 is 0. The highest BCUT2D eigenvalue weighted by molar-refractivity contribution is 6.32. The lowest BCUT2D eigenvalue weighted by atomic mass is 9.97. The fourth-order valence-electron chi connectivity index (χ4n) is 0.749. The first kappa shape index (κ1) is 8.85. The number of hydrogen-bond donors (Lipinski definition) is 0. The fourth-order valence-corrected chi connectivity index (χ4v) is 0.749. The summed E-state index contributed by atoms with van der Waals surface area (Å²) in [7, 11) is 5.46. The highest BCUT2D eigenvalue weighted by atomic mass is 16.5. The van der Waals surface area contributed by atoms with Crippen LogP contribution in [0.15, 0.2) is 24.3 Å². The van der Waals surface area contributed by atoms with Gasteiger partial charge in [0.05, 0.1) is 0 Å². The second-order valence-electron chi connectivity index (χ2n) is 2.56. The molecule has 1 aromatic carbocycles. The van der Waals surface area contributed by atoms with Crippen molar-refractivity contribution in [3.63, 3.8) is 0 Å². The summed E-state index contributed by atoms with van der Waals surface area (Å²) in [6, 6.07) is 6.93. The van der Waals surface area contributed by atoms with Crippen LogP contribution in [0.3, 0.4) is 0 Å². The number of benzene rings is 1. The van der Waals surface area contributed by atoms with E-state index in [2.05, 4.69) is 0 Å². The van der Waals surface area contributed by atoms with E-state index in [4.69, 9.17) is 12.6 Å². The number of carbonyl (C=O) groups excluding carboxylic acids is 1. The summed E-state index contributed by atoms with van der Waals surface area (Å²) in [4.78, 5) is 10.5. The van der Waals surface area contributed by atoms with E-state index >= 15 is 0 Å². The maximum absolute atomic E-state index is 10.5. The molecule has 0 saturated heterocycles. The Morgan fingerprint density at radius 1 is 1.42 bits per heavy atom. The Morgan fingerprint density at radius 3 is 2.50 bits per heavy atom. The van der Waals surface area contributed by atoms with Gasteiger partial charge in [-0.2, -0.15) is 0 Å². The number of ether oxygens (including phenoxy) is 1. The zero-order valence-corrected chi connectivity index (χ0v) is 6.91. The molecule has 2 nitrogen and oxygen atoms in total. The molecule has 0 unspecified atom stereocenters. The Kier molecular flexibility index (Phi) is 2.91. The van der Waals surface area contributed by atoms with E-state index in [0.717, 1.165) is 0 Å². The third kappa shape index (κ3) is 2.78. The molecule has 0 aliphatic rings. The summed E-state index contributed by atoms with van der Waals surface area (Å²) in [6.07, 6.45) is 0. The van der Waals surface area contributed by atoms with Crippen LogP contribution in [0.25, 0.3) is 0 Å². The first-order chi connectivity index (χ1) is 5.68. The maximum atomic E-state index is 10.5. The van der Waals surface area contributed by atoms with E-state index in [1.165, 1.54) is 6.92 Å². The average molecular weight is 160 g/mol. The first-order valence-electron chi connectivity index (χ1n) is 3.66. The summed E-state index contributed by atoms with van der Waals surface area (Å²) < 4.78 is 5.12. The van der Waals surface area contributed by atoms with Crippen LogP contribution in [0.4, 0.5) is 0 Å². The molecule has 1 rings (SSSR count). The van der Waals surface area contributed by atoms with E-state index < -0.39 is 0 Å². The molecule has 12 heavy (non-hydrogen) atoms. The molecule has 0 bridgehead atoms. The zero-order chi connectivity index (χ0) is 8.97. The third-order valence-corrected chi connectivity index (χ3v) is 1.32. The van der Waals surface area contributed by atoms with Gasteiger partial charge >= 0.3 is 0 Å². The van der Waals surface area contributed by atoms with Gasteiger partial charge in [-0.15, -0.1) is 0 Å². The van der Waals surface area contributed by atoms with Crippen molar-refractivity contribution in [3.05, 3.63) is 24.3 Å². The molecule has 0 aliphatic carbocycles. The van der Waals surface area contributed by atoms with Crippen molar-refractivity contribution in [2.45, 2.75) is 6.92 Å². The number of rotatable bonds is 3. The lowest BCUT2D eigenvalue weighted by molar-refractivity contribution is -0.118. The minimum Gasteiger partial charge on any atom is -0.486 e. The zero-order valence-electron chi connectivity index (χ0n) is 6.91. The number of Topliss-reactive ketones (excluding diaryl/α,β-unsaturated/α-hetero) is 1. The van der Waals surface area contributed by atoms with Gasteiger partial charge in [-0.25, -0.2) is 0 Å². The summed E-state index contributed by atoms with van der Waals surface area (Å²) in [6.45, 7) is 1.60. The van der Waals surface area contributed by atoms with Crippen LogP contribution in [-0.2, 0) is 4.79 Å². The maximum Gasteiger partial charge on any atom is 0.167 e. The van der Waals surface area contributed by atoms with Crippen molar-refractivity contribution in [3.8, 4) is 5.75 Å². The van der Waals surface area contributed by atoms with Gasteiger partial charge in [-0.3, -0.25) is 4.79 Å². The summed E-state index contributed by atoms with van der Waals surface area (Å²) in [5.74, 6) is 0.672. The number of ketones is 1. The third-order valence-electron chi connectivity index (χ3n) is 1.32. The fraction of sp³-hybridized carbons (Fsp3) is 0.222. The molecule has 0 atom stereocenters. The van der Waals surface area contributed by atoms with E-state index in [9.17, 15) is 4.79 Å². The Bertz CT molecular complexity index is 266. The minimum absolute atomic E-state index is 0.00632. The second kappa shape index (κ2) is 3.95. The normalized spacial score (nSPS) is 9.42. The molecule has 0 amide bonds. The Morgan fingerprint density at radius 2 is 2.00 bits per heavy atom. The van der Waals surface area contributed by atoms with Crippen LogP contribution in [0, 0.1) is 0 Å². The Labute approximate surface area is 73.0 Å². The molecule has 3 heteroatoms. The molecule has 0 N–H and O–H groups in total. The smallest absolute Gasteiger partial charge is 0.167 e. The lowest BCUT2D eigenvalue weighted by Crippen LogP contribution is -2.07. The standard InChI is InChI=1S/C9H9BO2/c1-7(11)6-12-9-4-2-8(10)3-5-9/h2-5H,6H2,1H3. The van der Waals surface area contributed by atoms with Gasteiger partial charge in [-0.1, -0.05) is 17.6 Å². The molecule has 0 saturated carbocycles. The lowest BCUT2D eigenvalue weighted by Gasteiger charge is -2.02. The largest absolute Gasteiger partial charge is 0.486 e. The topological polar surface area (TPSA) is 26.3 Å². The quantitative estimate of drug-likeness (QED) is 0.600. The molecule has 2 radical (unpaired) electrons. The van der Waals surface area contributed by atoms with Crippen LogP contribution in [0.2, 0.25) is 0 Å². The predicted octanol–water partition coefficient (Wildman–Crippen LogP) is 0.448. The van der Waals surface area contributed by atoms with Gasteiger partial charge in [0.25, 0.3) is 0 Å².